The fraction of sp³-hybridized carbons (Fsp3) is 0.0154. The average Bonchev–Trinajstić information content (AvgIpc) is 4.00. The Morgan fingerprint density at radius 3 is 1.55 bits per heavy atom. The van der Waals surface area contributed by atoms with Crippen molar-refractivity contribution in [2.24, 2.45) is 0 Å². The molecule has 1 heterocycles. The lowest BCUT2D eigenvalue weighted by Gasteiger charge is -2.32. The summed E-state index contributed by atoms with van der Waals surface area (Å²) in [6, 6.07) is 94.3. The van der Waals surface area contributed by atoms with Crippen molar-refractivity contribution in [2.45, 2.75) is 5.41 Å². The van der Waals surface area contributed by atoms with E-state index in [1.165, 1.54) is 93.8 Å². The molecular weight excluding hydrogens is 809 g/mol. The lowest BCUT2D eigenvalue weighted by atomic mass is 9.70. The minimum atomic E-state index is -0.424. The summed E-state index contributed by atoms with van der Waals surface area (Å²) in [5.74, 6) is 0. The smallest absolute Gasteiger partial charge is 0.0726 e. The van der Waals surface area contributed by atoms with Gasteiger partial charge in [0.05, 0.1) is 16.4 Å². The Kier molecular flexibility index (Phi) is 8.23. The first-order valence-corrected chi connectivity index (χ1v) is 23.2. The average molecular weight is 851 g/mol. The van der Waals surface area contributed by atoms with Crippen LogP contribution in [0.15, 0.2) is 255 Å². The molecule has 11 aromatic carbocycles. The monoisotopic (exact) mass is 850 g/mol. The maximum Gasteiger partial charge on any atom is 0.0726 e. The van der Waals surface area contributed by atoms with Crippen LogP contribution in [0.2, 0.25) is 0 Å². The standard InChI is InChI=1S/C65H42N2/c1-2-21-49(22-3-1)66(52-35-37-56-55-26-8-12-30-61(55)65(62(56)42-52)59-28-10-6-24-53(59)54-25-7-11-29-60(54)65)50-23-15-20-47(40-50)44-18-14-19-45(38-44)48-33-36-58-57-27-9-13-31-63(57)67(64(58)41-48)51-34-32-43-16-4-5-17-46(43)39-51/h1-42H. The number of rotatable bonds is 6. The van der Waals surface area contributed by atoms with Crippen molar-refractivity contribution in [3.05, 3.63) is 277 Å². The summed E-state index contributed by atoms with van der Waals surface area (Å²) in [7, 11) is 0. The van der Waals surface area contributed by atoms with Crippen LogP contribution in [0.5, 0.6) is 0 Å². The van der Waals surface area contributed by atoms with Gasteiger partial charge in [0.15, 0.2) is 0 Å². The quantitative estimate of drug-likeness (QED) is 0.162. The summed E-state index contributed by atoms with van der Waals surface area (Å²) in [6.07, 6.45) is 0. The van der Waals surface area contributed by atoms with Crippen LogP contribution >= 0.6 is 0 Å². The highest BCUT2D eigenvalue weighted by Crippen LogP contribution is 2.63. The molecule has 0 aliphatic heterocycles. The van der Waals surface area contributed by atoms with E-state index in [0.717, 1.165) is 28.3 Å². The van der Waals surface area contributed by atoms with E-state index in [4.69, 9.17) is 0 Å². The van der Waals surface area contributed by atoms with Crippen molar-refractivity contribution in [3.8, 4) is 50.2 Å². The highest BCUT2D eigenvalue weighted by atomic mass is 15.1. The van der Waals surface area contributed by atoms with Crippen LogP contribution < -0.4 is 4.90 Å². The van der Waals surface area contributed by atoms with Crippen molar-refractivity contribution >= 4 is 49.6 Å². The maximum atomic E-state index is 2.47. The van der Waals surface area contributed by atoms with Gasteiger partial charge in [0.2, 0.25) is 0 Å². The third-order valence-corrected chi connectivity index (χ3v) is 14.6. The predicted octanol–water partition coefficient (Wildman–Crippen LogP) is 17.1. The highest BCUT2D eigenvalue weighted by Gasteiger charge is 2.51. The van der Waals surface area contributed by atoms with Crippen LogP contribution in [0.25, 0.3) is 82.8 Å². The summed E-state index contributed by atoms with van der Waals surface area (Å²) < 4.78 is 2.43. The topological polar surface area (TPSA) is 8.17 Å². The second-order valence-electron chi connectivity index (χ2n) is 18.0. The van der Waals surface area contributed by atoms with Gasteiger partial charge in [-0.15, -0.1) is 0 Å². The number of hydrogen-bond acceptors (Lipinski definition) is 1. The van der Waals surface area contributed by atoms with Gasteiger partial charge in [-0.05, 0) is 144 Å². The van der Waals surface area contributed by atoms with Gasteiger partial charge in [-0.1, -0.05) is 188 Å². The number of anilines is 3. The van der Waals surface area contributed by atoms with E-state index < -0.39 is 5.41 Å². The molecule has 0 saturated carbocycles. The first-order chi connectivity index (χ1) is 33.2. The Hall–Kier alpha value is -8.72. The van der Waals surface area contributed by atoms with Crippen molar-refractivity contribution < 1.29 is 0 Å². The van der Waals surface area contributed by atoms with Gasteiger partial charge in [-0.25, -0.2) is 0 Å². The van der Waals surface area contributed by atoms with Gasteiger partial charge in [0.1, 0.15) is 0 Å². The lowest BCUT2D eigenvalue weighted by molar-refractivity contribution is 0.793. The van der Waals surface area contributed by atoms with E-state index >= 15 is 0 Å². The molecule has 2 nitrogen and oxygen atoms in total. The van der Waals surface area contributed by atoms with E-state index in [9.17, 15) is 0 Å². The summed E-state index contributed by atoms with van der Waals surface area (Å²) in [5, 5.41) is 4.99. The van der Waals surface area contributed by atoms with E-state index in [2.05, 4.69) is 264 Å². The molecule has 0 amide bonds. The summed E-state index contributed by atoms with van der Waals surface area (Å²) in [4.78, 5) is 2.43. The third-order valence-electron chi connectivity index (χ3n) is 14.6. The second kappa shape index (κ2) is 14.7. The molecule has 0 atom stereocenters. The Morgan fingerprint density at radius 1 is 0.284 bits per heavy atom. The normalized spacial score (nSPS) is 12.9. The molecule has 0 saturated heterocycles. The Morgan fingerprint density at radius 2 is 0.821 bits per heavy atom. The molecule has 12 aromatic rings. The molecule has 1 spiro atoms. The number of aromatic nitrogens is 1. The molecular formula is C65H42N2. The Labute approximate surface area is 389 Å². The predicted molar refractivity (Wildman–Crippen MR) is 280 cm³/mol. The Bertz CT molecular complexity index is 3880. The van der Waals surface area contributed by atoms with Crippen LogP contribution in [-0.2, 0) is 5.41 Å². The van der Waals surface area contributed by atoms with Gasteiger partial charge in [-0.3, -0.25) is 0 Å². The third kappa shape index (κ3) is 5.57. The van der Waals surface area contributed by atoms with Gasteiger partial charge < -0.3 is 9.47 Å². The van der Waals surface area contributed by atoms with E-state index in [0.29, 0.717) is 0 Å². The van der Waals surface area contributed by atoms with Gasteiger partial charge >= 0.3 is 0 Å². The van der Waals surface area contributed by atoms with Gasteiger partial charge in [0.25, 0.3) is 0 Å². The second-order valence-corrected chi connectivity index (χ2v) is 18.0. The molecule has 2 heteroatoms. The molecule has 0 fully saturated rings. The summed E-state index contributed by atoms with van der Waals surface area (Å²) >= 11 is 0. The zero-order chi connectivity index (χ0) is 44.1. The van der Waals surface area contributed by atoms with Crippen LogP contribution in [0.1, 0.15) is 22.3 Å². The number of para-hydroxylation sites is 2. The first kappa shape index (κ1) is 37.6. The van der Waals surface area contributed by atoms with E-state index in [1.54, 1.807) is 0 Å². The minimum absolute atomic E-state index is 0.424. The number of benzene rings is 11. The molecule has 2 aliphatic carbocycles. The van der Waals surface area contributed by atoms with Crippen molar-refractivity contribution in [1.29, 1.82) is 0 Å². The van der Waals surface area contributed by atoms with Crippen LogP contribution in [0.4, 0.5) is 17.1 Å². The number of fused-ring (bicyclic) bond motifs is 14. The van der Waals surface area contributed by atoms with Crippen molar-refractivity contribution in [3.63, 3.8) is 0 Å². The molecule has 0 bridgehead atoms. The van der Waals surface area contributed by atoms with Gasteiger partial charge in [-0.2, -0.15) is 0 Å². The molecule has 0 radical (unpaired) electrons. The van der Waals surface area contributed by atoms with E-state index in [1.807, 2.05) is 0 Å². The lowest BCUT2D eigenvalue weighted by Crippen LogP contribution is -2.26. The number of nitrogens with zero attached hydrogens (tertiary/aromatic N) is 2. The summed E-state index contributed by atoms with van der Waals surface area (Å²) in [5.41, 5.74) is 21.8. The molecule has 312 valence electrons. The molecule has 0 unspecified atom stereocenters. The molecule has 1 aromatic heterocycles. The van der Waals surface area contributed by atoms with Crippen LogP contribution in [0.3, 0.4) is 0 Å². The molecule has 2 aliphatic rings. The van der Waals surface area contributed by atoms with Gasteiger partial charge in [0, 0.05) is 33.5 Å². The summed E-state index contributed by atoms with van der Waals surface area (Å²) in [6.45, 7) is 0. The van der Waals surface area contributed by atoms with Crippen molar-refractivity contribution in [1.82, 2.24) is 4.57 Å². The SMILES string of the molecule is c1ccc(N(c2cccc(-c3cccc(-c4ccc5c6ccccc6n(-c6ccc7ccccc7c6)c5c4)c3)c2)c2ccc3c(c2)C2(c4ccccc4-c4ccccc42)c2ccccc2-3)cc1. The van der Waals surface area contributed by atoms with Crippen LogP contribution in [0, 0.1) is 0 Å². The fourth-order valence-corrected chi connectivity index (χ4v) is 11.7. The van der Waals surface area contributed by atoms with Crippen LogP contribution in [-0.4, -0.2) is 4.57 Å². The molecule has 67 heavy (non-hydrogen) atoms. The number of hydrogen-bond donors (Lipinski definition) is 0. The van der Waals surface area contributed by atoms with Crippen molar-refractivity contribution in [2.75, 3.05) is 4.90 Å². The highest BCUT2D eigenvalue weighted by molar-refractivity contribution is 6.10. The zero-order valence-corrected chi connectivity index (χ0v) is 36.6. The first-order valence-electron chi connectivity index (χ1n) is 23.2. The minimum Gasteiger partial charge on any atom is -0.310 e. The largest absolute Gasteiger partial charge is 0.310 e. The Balaban J connectivity index is 0.893. The maximum absolute atomic E-state index is 2.47. The molecule has 14 rings (SSSR count). The van der Waals surface area contributed by atoms with E-state index in [-0.39, 0.29) is 0 Å². The zero-order valence-electron chi connectivity index (χ0n) is 36.6. The fourth-order valence-electron chi connectivity index (χ4n) is 11.7. The molecule has 0 N–H and O–H groups in total.